The van der Waals surface area contributed by atoms with E-state index in [9.17, 15) is 19.8 Å². The van der Waals surface area contributed by atoms with Gasteiger partial charge in [0.2, 0.25) is 5.91 Å². The molecule has 0 radical (unpaired) electrons. The highest BCUT2D eigenvalue weighted by atomic mass is 16.5. The Morgan fingerprint density at radius 3 is 1.38 bits per heavy atom. The standard InChI is InChI=1S/C60H105NO5/c1-4-7-10-13-16-19-22-24-26-28-29-31-33-35-38-41-44-47-50-53-60(65)66-56(51-48-45-42-39-36-21-18-15-12-9-6-3)54-59(64)61-57(55-62)58(63)52-49-46-43-40-37-34-32-30-27-25-23-20-17-14-11-8-5-2/h9,12,15-16,18-19,21,24,26,36,39,42,45,48,56-58,62-63H,4-8,10-11,13-14,17,20,22-23,25,27-35,37-38,40-41,43-44,46-47,49-55H2,1-3H3,(H,61,64)/b12-9+,18-15+,19-16-,26-24-,36-21-,42-39-,48-45+. The number of carbonyl (C=O) groups is 2. The van der Waals surface area contributed by atoms with E-state index in [0.29, 0.717) is 19.3 Å². The Kier molecular flexibility index (Phi) is 50.6. The molecule has 3 atom stereocenters. The van der Waals surface area contributed by atoms with Gasteiger partial charge < -0.3 is 20.3 Å². The third-order valence-corrected chi connectivity index (χ3v) is 12.3. The Bertz CT molecular complexity index is 1260. The van der Waals surface area contributed by atoms with Gasteiger partial charge in [-0.1, -0.05) is 273 Å². The first-order valence-corrected chi connectivity index (χ1v) is 27.9. The number of amides is 1. The van der Waals surface area contributed by atoms with Gasteiger partial charge in [0, 0.05) is 12.8 Å². The van der Waals surface area contributed by atoms with Crippen LogP contribution >= 0.6 is 0 Å². The molecule has 0 aliphatic rings. The van der Waals surface area contributed by atoms with E-state index in [1.54, 1.807) is 0 Å². The van der Waals surface area contributed by atoms with Crippen molar-refractivity contribution >= 4 is 11.9 Å². The molecule has 0 fully saturated rings. The minimum Gasteiger partial charge on any atom is -0.461 e. The third kappa shape index (κ3) is 47.5. The summed E-state index contributed by atoms with van der Waals surface area (Å²) in [6.45, 7) is 6.29. The molecular weight excluding hydrogens is 815 g/mol. The Morgan fingerprint density at radius 2 is 0.894 bits per heavy atom. The highest BCUT2D eigenvalue weighted by molar-refractivity contribution is 5.77. The van der Waals surface area contributed by atoms with Crippen LogP contribution in [-0.4, -0.2) is 46.9 Å². The van der Waals surface area contributed by atoms with Crippen LogP contribution in [0.25, 0.3) is 0 Å². The molecule has 0 aliphatic carbocycles. The van der Waals surface area contributed by atoms with Crippen LogP contribution in [0.1, 0.15) is 258 Å². The van der Waals surface area contributed by atoms with Crippen molar-refractivity contribution in [2.75, 3.05) is 6.61 Å². The highest BCUT2D eigenvalue weighted by Gasteiger charge is 2.23. The number of esters is 1. The van der Waals surface area contributed by atoms with Crippen LogP contribution in [0.5, 0.6) is 0 Å². The summed E-state index contributed by atoms with van der Waals surface area (Å²) in [5.41, 5.74) is 0. The lowest BCUT2D eigenvalue weighted by molar-refractivity contribution is -0.150. The van der Waals surface area contributed by atoms with Crippen LogP contribution in [0.2, 0.25) is 0 Å². The number of nitrogens with one attached hydrogen (secondary N) is 1. The minimum absolute atomic E-state index is 0.0229. The number of aliphatic hydroxyl groups excluding tert-OH is 2. The van der Waals surface area contributed by atoms with E-state index >= 15 is 0 Å². The zero-order valence-electron chi connectivity index (χ0n) is 43.3. The summed E-state index contributed by atoms with van der Waals surface area (Å²) in [7, 11) is 0. The predicted octanol–water partition coefficient (Wildman–Crippen LogP) is 17.1. The molecule has 6 nitrogen and oxygen atoms in total. The van der Waals surface area contributed by atoms with Crippen LogP contribution in [0, 0.1) is 0 Å². The molecule has 0 aromatic carbocycles. The average Bonchev–Trinajstić information content (AvgIpc) is 3.31. The molecule has 3 unspecified atom stereocenters. The van der Waals surface area contributed by atoms with E-state index in [1.165, 1.54) is 161 Å². The quantitative estimate of drug-likeness (QED) is 0.0245. The van der Waals surface area contributed by atoms with Crippen LogP contribution in [-0.2, 0) is 14.3 Å². The van der Waals surface area contributed by atoms with Crippen molar-refractivity contribution < 1.29 is 24.5 Å². The van der Waals surface area contributed by atoms with Crippen LogP contribution in [0.15, 0.2) is 85.1 Å². The third-order valence-electron chi connectivity index (χ3n) is 12.3. The van der Waals surface area contributed by atoms with Gasteiger partial charge in [-0.15, -0.1) is 0 Å². The molecule has 0 heterocycles. The fourth-order valence-electron chi connectivity index (χ4n) is 8.13. The van der Waals surface area contributed by atoms with Gasteiger partial charge in [0.15, 0.2) is 0 Å². The van der Waals surface area contributed by atoms with Gasteiger partial charge in [0.25, 0.3) is 0 Å². The number of aliphatic hydroxyl groups is 2. The van der Waals surface area contributed by atoms with Crippen molar-refractivity contribution in [3.05, 3.63) is 85.1 Å². The monoisotopic (exact) mass is 920 g/mol. The normalized spacial score (nSPS) is 13.8. The Hall–Kier alpha value is -2.96. The Morgan fingerprint density at radius 1 is 0.485 bits per heavy atom. The first-order chi connectivity index (χ1) is 32.5. The number of rotatable bonds is 49. The largest absolute Gasteiger partial charge is 0.461 e. The van der Waals surface area contributed by atoms with E-state index in [1.807, 2.05) is 54.7 Å². The van der Waals surface area contributed by atoms with Crippen LogP contribution in [0.4, 0.5) is 0 Å². The summed E-state index contributed by atoms with van der Waals surface area (Å²) < 4.78 is 5.85. The lowest BCUT2D eigenvalue weighted by atomic mass is 10.0. The minimum atomic E-state index is -0.822. The summed E-state index contributed by atoms with van der Waals surface area (Å²) >= 11 is 0. The second-order valence-corrected chi connectivity index (χ2v) is 18.7. The molecule has 0 rings (SSSR count). The molecule has 0 aromatic heterocycles. The zero-order chi connectivity index (χ0) is 48.1. The van der Waals surface area contributed by atoms with Crippen molar-refractivity contribution in [2.45, 2.75) is 277 Å². The van der Waals surface area contributed by atoms with E-state index in [-0.39, 0.29) is 24.9 Å². The summed E-state index contributed by atoms with van der Waals surface area (Å²) in [5.74, 6) is -0.611. The van der Waals surface area contributed by atoms with Gasteiger partial charge in [-0.25, -0.2) is 0 Å². The van der Waals surface area contributed by atoms with E-state index in [0.717, 1.165) is 51.4 Å². The summed E-state index contributed by atoms with van der Waals surface area (Å²) in [5, 5.41) is 23.8. The molecule has 0 bridgehead atoms. The number of carbonyl (C=O) groups excluding carboxylic acids is 2. The van der Waals surface area contributed by atoms with E-state index in [2.05, 4.69) is 56.5 Å². The van der Waals surface area contributed by atoms with Gasteiger partial charge in [0.05, 0.1) is 25.2 Å². The van der Waals surface area contributed by atoms with Gasteiger partial charge >= 0.3 is 5.97 Å². The fraction of sp³-hybridized carbons (Fsp3) is 0.733. The second kappa shape index (κ2) is 53.0. The predicted molar refractivity (Wildman–Crippen MR) is 287 cm³/mol. The number of ether oxygens (including phenoxy) is 1. The molecule has 0 spiro atoms. The van der Waals surface area contributed by atoms with Gasteiger partial charge in [-0.05, 0) is 51.4 Å². The molecule has 3 N–H and O–H groups in total. The first-order valence-electron chi connectivity index (χ1n) is 27.9. The van der Waals surface area contributed by atoms with Crippen molar-refractivity contribution in [2.24, 2.45) is 0 Å². The smallest absolute Gasteiger partial charge is 0.306 e. The lowest BCUT2D eigenvalue weighted by Gasteiger charge is -2.24. The zero-order valence-corrected chi connectivity index (χ0v) is 43.3. The Labute approximate surface area is 408 Å². The number of allylic oxidation sites excluding steroid dienone is 13. The van der Waals surface area contributed by atoms with Gasteiger partial charge in [-0.3, -0.25) is 9.59 Å². The van der Waals surface area contributed by atoms with Gasteiger partial charge in [-0.2, -0.15) is 0 Å². The van der Waals surface area contributed by atoms with E-state index in [4.69, 9.17) is 4.74 Å². The molecular formula is C60H105NO5. The van der Waals surface area contributed by atoms with Crippen LogP contribution < -0.4 is 5.32 Å². The summed E-state index contributed by atoms with van der Waals surface area (Å²) in [4.78, 5) is 26.1. The molecule has 0 aliphatic heterocycles. The Balaban J connectivity index is 4.54. The molecule has 1 amide bonds. The van der Waals surface area contributed by atoms with E-state index < -0.39 is 18.2 Å². The molecule has 0 aromatic rings. The maximum atomic E-state index is 13.2. The summed E-state index contributed by atoms with van der Waals surface area (Å²) in [6, 6.07) is -0.744. The van der Waals surface area contributed by atoms with Crippen molar-refractivity contribution in [1.82, 2.24) is 5.32 Å². The number of hydrogen-bond donors (Lipinski definition) is 3. The summed E-state index contributed by atoms with van der Waals surface area (Å²) in [6.07, 6.45) is 69.6. The maximum absolute atomic E-state index is 13.2. The molecule has 66 heavy (non-hydrogen) atoms. The number of unbranched alkanes of at least 4 members (excludes halogenated alkanes) is 28. The van der Waals surface area contributed by atoms with Crippen LogP contribution in [0.3, 0.4) is 0 Å². The SMILES string of the molecule is CC/C=C/C=C/C=C\C=C/C=C/CC(CC(=O)NC(CO)C(O)CCCCCCCCCCCCCCCCCCC)OC(=O)CCCCCCCCCCC/C=C\C/C=C\CCCCC. The van der Waals surface area contributed by atoms with Gasteiger partial charge in [0.1, 0.15) is 6.10 Å². The molecule has 0 saturated carbocycles. The highest BCUT2D eigenvalue weighted by Crippen LogP contribution is 2.17. The molecule has 380 valence electrons. The average molecular weight is 921 g/mol. The second-order valence-electron chi connectivity index (χ2n) is 18.7. The number of hydrogen-bond acceptors (Lipinski definition) is 5. The fourth-order valence-corrected chi connectivity index (χ4v) is 8.13. The molecule has 6 heteroatoms. The topological polar surface area (TPSA) is 95.9 Å². The van der Waals surface area contributed by atoms with Crippen molar-refractivity contribution in [3.8, 4) is 0 Å². The first kappa shape index (κ1) is 63.0. The molecule has 0 saturated heterocycles. The van der Waals surface area contributed by atoms with Crippen molar-refractivity contribution in [1.29, 1.82) is 0 Å². The lowest BCUT2D eigenvalue weighted by Crippen LogP contribution is -2.46. The van der Waals surface area contributed by atoms with Crippen molar-refractivity contribution in [3.63, 3.8) is 0 Å². The maximum Gasteiger partial charge on any atom is 0.306 e.